The number of carbonyl (C=O) groups excluding carboxylic acids is 1. The predicted octanol–water partition coefficient (Wildman–Crippen LogP) is 5.02. The highest BCUT2D eigenvalue weighted by molar-refractivity contribution is 6.04. The Morgan fingerprint density at radius 2 is 1.72 bits per heavy atom. The summed E-state index contributed by atoms with van der Waals surface area (Å²) >= 11 is 0. The molecule has 0 bridgehead atoms. The Labute approximate surface area is 168 Å². The van der Waals surface area contributed by atoms with Crippen LogP contribution in [0.15, 0.2) is 79.0 Å². The molecule has 0 aliphatic carbocycles. The number of fused-ring (bicyclic) bond motifs is 1. The van der Waals surface area contributed by atoms with Crippen molar-refractivity contribution in [2.24, 2.45) is 0 Å². The molecule has 0 atom stereocenters. The van der Waals surface area contributed by atoms with Crippen molar-refractivity contribution in [2.75, 3.05) is 17.2 Å². The Morgan fingerprint density at radius 1 is 0.931 bits per heavy atom. The van der Waals surface area contributed by atoms with Crippen molar-refractivity contribution < 1.29 is 9.53 Å². The van der Waals surface area contributed by atoms with Gasteiger partial charge in [0, 0.05) is 16.9 Å². The summed E-state index contributed by atoms with van der Waals surface area (Å²) in [5.41, 5.74) is 3.65. The van der Waals surface area contributed by atoms with E-state index < -0.39 is 0 Å². The maximum Gasteiger partial charge on any atom is 0.255 e. The van der Waals surface area contributed by atoms with E-state index in [1.807, 2.05) is 67.6 Å². The van der Waals surface area contributed by atoms with Crippen LogP contribution in [0.25, 0.3) is 11.0 Å². The van der Waals surface area contributed by atoms with E-state index in [-0.39, 0.29) is 5.91 Å². The van der Waals surface area contributed by atoms with Gasteiger partial charge in [-0.05, 0) is 61.5 Å². The van der Waals surface area contributed by atoms with Crippen LogP contribution in [-0.4, -0.2) is 22.5 Å². The van der Waals surface area contributed by atoms with Crippen molar-refractivity contribution in [3.63, 3.8) is 0 Å². The zero-order valence-corrected chi connectivity index (χ0v) is 15.9. The zero-order valence-electron chi connectivity index (χ0n) is 15.9. The molecule has 2 N–H and O–H groups in total. The number of ether oxygens (including phenoxy) is 1. The van der Waals surface area contributed by atoms with Crippen LogP contribution in [0.2, 0.25) is 0 Å². The van der Waals surface area contributed by atoms with Crippen LogP contribution in [0.4, 0.5) is 17.2 Å². The summed E-state index contributed by atoms with van der Waals surface area (Å²) in [7, 11) is 0. The smallest absolute Gasteiger partial charge is 0.255 e. The summed E-state index contributed by atoms with van der Waals surface area (Å²) in [5, 5.41) is 6.10. The van der Waals surface area contributed by atoms with Gasteiger partial charge in [0.25, 0.3) is 5.91 Å². The van der Waals surface area contributed by atoms with Crippen LogP contribution in [0.5, 0.6) is 5.75 Å². The van der Waals surface area contributed by atoms with Gasteiger partial charge in [-0.15, -0.1) is 0 Å². The second-order valence-electron chi connectivity index (χ2n) is 6.36. The molecule has 144 valence electrons. The van der Waals surface area contributed by atoms with Crippen LogP contribution in [0, 0.1) is 0 Å². The number of benzene rings is 3. The fourth-order valence-electron chi connectivity index (χ4n) is 2.91. The minimum Gasteiger partial charge on any atom is -0.494 e. The Hall–Kier alpha value is -3.93. The van der Waals surface area contributed by atoms with Gasteiger partial charge in [-0.25, -0.2) is 4.98 Å². The lowest BCUT2D eigenvalue weighted by atomic mass is 10.2. The van der Waals surface area contributed by atoms with Gasteiger partial charge in [0.05, 0.1) is 23.8 Å². The van der Waals surface area contributed by atoms with Crippen molar-refractivity contribution in [2.45, 2.75) is 6.92 Å². The van der Waals surface area contributed by atoms with Crippen molar-refractivity contribution in [3.05, 3.63) is 84.6 Å². The molecule has 3 aromatic carbocycles. The number of aromatic nitrogens is 2. The molecule has 0 aliphatic rings. The largest absolute Gasteiger partial charge is 0.494 e. The highest BCUT2D eigenvalue weighted by atomic mass is 16.5. The average Bonchev–Trinajstić information content (AvgIpc) is 2.75. The molecule has 0 saturated carbocycles. The molecule has 4 aromatic rings. The van der Waals surface area contributed by atoms with E-state index in [4.69, 9.17) is 4.74 Å². The van der Waals surface area contributed by atoms with Crippen LogP contribution < -0.4 is 15.4 Å². The zero-order chi connectivity index (χ0) is 20.1. The Morgan fingerprint density at radius 3 is 2.52 bits per heavy atom. The number of hydrogen-bond acceptors (Lipinski definition) is 5. The summed E-state index contributed by atoms with van der Waals surface area (Å²) in [5.74, 6) is 1.20. The van der Waals surface area contributed by atoms with E-state index in [1.54, 1.807) is 18.3 Å². The summed E-state index contributed by atoms with van der Waals surface area (Å²) < 4.78 is 5.42. The second kappa shape index (κ2) is 8.39. The molecule has 29 heavy (non-hydrogen) atoms. The molecule has 1 heterocycles. The molecule has 6 nitrogen and oxygen atoms in total. The lowest BCUT2D eigenvalue weighted by Gasteiger charge is -2.10. The molecule has 1 aromatic heterocycles. The fourth-order valence-corrected chi connectivity index (χ4v) is 2.91. The maximum absolute atomic E-state index is 12.6. The van der Waals surface area contributed by atoms with Crippen molar-refractivity contribution in [1.82, 2.24) is 9.97 Å². The highest BCUT2D eigenvalue weighted by Crippen LogP contribution is 2.20. The first-order chi connectivity index (χ1) is 14.2. The number of hydrogen-bond donors (Lipinski definition) is 2. The lowest BCUT2D eigenvalue weighted by molar-refractivity contribution is 0.102. The van der Waals surface area contributed by atoms with Crippen LogP contribution in [0.3, 0.4) is 0 Å². The minimum atomic E-state index is -0.192. The van der Waals surface area contributed by atoms with Crippen LogP contribution in [0.1, 0.15) is 17.3 Å². The first-order valence-corrected chi connectivity index (χ1v) is 9.34. The van der Waals surface area contributed by atoms with E-state index in [9.17, 15) is 4.79 Å². The molecular weight excluding hydrogens is 364 g/mol. The van der Waals surface area contributed by atoms with E-state index >= 15 is 0 Å². The van der Waals surface area contributed by atoms with Gasteiger partial charge < -0.3 is 15.4 Å². The Kier molecular flexibility index (Phi) is 5.33. The third-order valence-corrected chi connectivity index (χ3v) is 4.27. The SMILES string of the molecule is CCOc1ccc(NC(=O)c2cccc(Nc3cnc4ccccc4n3)c2)cc1. The van der Waals surface area contributed by atoms with Gasteiger partial charge in [0.2, 0.25) is 0 Å². The van der Waals surface area contributed by atoms with Gasteiger partial charge in [0.15, 0.2) is 0 Å². The quantitative estimate of drug-likeness (QED) is 0.488. The predicted molar refractivity (Wildman–Crippen MR) is 115 cm³/mol. The molecule has 0 unspecified atom stereocenters. The fraction of sp³-hybridized carbons (Fsp3) is 0.0870. The standard InChI is InChI=1S/C23H20N4O2/c1-2-29-19-12-10-17(11-13-19)26-23(28)16-6-5-7-18(14-16)25-22-15-24-20-8-3-4-9-21(20)27-22/h3-15H,2H2,1H3,(H,25,27)(H,26,28). The number of amides is 1. The molecule has 0 radical (unpaired) electrons. The molecule has 6 heteroatoms. The monoisotopic (exact) mass is 384 g/mol. The van der Waals surface area contributed by atoms with Crippen LogP contribution >= 0.6 is 0 Å². The first kappa shape index (κ1) is 18.4. The third kappa shape index (κ3) is 4.50. The molecule has 0 aliphatic heterocycles. The Balaban J connectivity index is 1.47. The van der Waals surface area contributed by atoms with Crippen molar-refractivity contribution in [3.8, 4) is 5.75 Å². The summed E-state index contributed by atoms with van der Waals surface area (Å²) in [6.45, 7) is 2.54. The van der Waals surface area contributed by atoms with Crippen LogP contribution in [-0.2, 0) is 0 Å². The first-order valence-electron chi connectivity index (χ1n) is 9.34. The summed E-state index contributed by atoms with van der Waals surface area (Å²) in [6, 6.07) is 22.2. The molecule has 1 amide bonds. The highest BCUT2D eigenvalue weighted by Gasteiger charge is 2.08. The summed E-state index contributed by atoms with van der Waals surface area (Å²) in [6.07, 6.45) is 1.68. The normalized spacial score (nSPS) is 10.5. The van der Waals surface area contributed by atoms with E-state index in [1.165, 1.54) is 0 Å². The number of anilines is 3. The second-order valence-corrected chi connectivity index (χ2v) is 6.36. The number of nitrogens with zero attached hydrogens (tertiary/aromatic N) is 2. The topological polar surface area (TPSA) is 76.1 Å². The van der Waals surface area contributed by atoms with E-state index in [0.717, 1.165) is 22.5 Å². The number of rotatable bonds is 6. The molecular formula is C23H20N4O2. The number of para-hydroxylation sites is 2. The van der Waals surface area contributed by atoms with Gasteiger partial charge in [0.1, 0.15) is 11.6 Å². The minimum absolute atomic E-state index is 0.192. The maximum atomic E-state index is 12.6. The molecule has 4 rings (SSSR count). The Bertz CT molecular complexity index is 1140. The number of nitrogens with one attached hydrogen (secondary N) is 2. The van der Waals surface area contributed by atoms with E-state index in [0.29, 0.717) is 23.7 Å². The van der Waals surface area contributed by atoms with Gasteiger partial charge >= 0.3 is 0 Å². The van der Waals surface area contributed by atoms with Gasteiger partial charge in [-0.2, -0.15) is 0 Å². The lowest BCUT2D eigenvalue weighted by Crippen LogP contribution is -2.12. The van der Waals surface area contributed by atoms with Gasteiger partial charge in [-0.3, -0.25) is 9.78 Å². The van der Waals surface area contributed by atoms with Crippen molar-refractivity contribution in [1.29, 1.82) is 0 Å². The molecule has 0 fully saturated rings. The van der Waals surface area contributed by atoms with Crippen molar-refractivity contribution >= 4 is 34.1 Å². The average molecular weight is 384 g/mol. The van der Waals surface area contributed by atoms with E-state index in [2.05, 4.69) is 20.6 Å². The number of carbonyl (C=O) groups is 1. The molecule has 0 spiro atoms. The summed E-state index contributed by atoms with van der Waals surface area (Å²) in [4.78, 5) is 21.6. The molecule has 0 saturated heterocycles. The third-order valence-electron chi connectivity index (χ3n) is 4.27. The van der Waals surface area contributed by atoms with Gasteiger partial charge in [-0.1, -0.05) is 18.2 Å².